The lowest BCUT2D eigenvalue weighted by Crippen LogP contribution is -2.10. The van der Waals surface area contributed by atoms with Crippen LogP contribution in [0, 0.1) is 6.92 Å². The van der Waals surface area contributed by atoms with Gasteiger partial charge in [0.15, 0.2) is 0 Å². The fraction of sp³-hybridized carbons (Fsp3) is 0.231. The van der Waals surface area contributed by atoms with E-state index < -0.39 is 0 Å². The Morgan fingerprint density at radius 2 is 1.89 bits per heavy atom. The Bertz CT molecular complexity index is 539. The minimum atomic E-state index is 0.596. The lowest BCUT2D eigenvalue weighted by atomic mass is 10.1. The first kappa shape index (κ1) is 12.3. The third kappa shape index (κ3) is 2.75. The summed E-state index contributed by atoms with van der Waals surface area (Å²) in [5.74, 6) is 7.37. The first-order valence-electron chi connectivity index (χ1n) is 5.90. The third-order valence-corrected chi connectivity index (χ3v) is 2.65. The molecule has 0 bridgehead atoms. The maximum Gasteiger partial charge on any atom is 0.145 e. The summed E-state index contributed by atoms with van der Waals surface area (Å²) in [5.41, 5.74) is 4.83. The van der Waals surface area contributed by atoms with E-state index in [9.17, 15) is 0 Å². The van der Waals surface area contributed by atoms with Gasteiger partial charge in [-0.2, -0.15) is 0 Å². The van der Waals surface area contributed by atoms with Gasteiger partial charge in [0.2, 0.25) is 0 Å². The van der Waals surface area contributed by atoms with E-state index in [0.717, 1.165) is 17.9 Å². The van der Waals surface area contributed by atoms with Gasteiger partial charge in [-0.05, 0) is 25.0 Å². The molecule has 0 radical (unpaired) electrons. The van der Waals surface area contributed by atoms with Gasteiger partial charge in [0.05, 0.1) is 0 Å². The molecule has 0 saturated carbocycles. The molecule has 1 aromatic heterocycles. The van der Waals surface area contributed by atoms with Crippen molar-refractivity contribution in [2.75, 3.05) is 10.7 Å². The second-order valence-corrected chi connectivity index (χ2v) is 3.97. The van der Waals surface area contributed by atoms with Crippen LogP contribution < -0.4 is 16.6 Å². The van der Waals surface area contributed by atoms with Gasteiger partial charge in [-0.25, -0.2) is 15.8 Å². The summed E-state index contributed by atoms with van der Waals surface area (Å²) in [6.45, 7) is 3.95. The smallest absolute Gasteiger partial charge is 0.145 e. The van der Waals surface area contributed by atoms with Crippen molar-refractivity contribution in [1.82, 2.24) is 9.97 Å². The van der Waals surface area contributed by atoms with Crippen molar-refractivity contribution < 1.29 is 0 Å². The predicted molar refractivity (Wildman–Crippen MR) is 73.7 cm³/mol. The Morgan fingerprint density at radius 3 is 2.61 bits per heavy atom. The lowest BCUT2D eigenvalue weighted by molar-refractivity contribution is 1.04. The standard InChI is InChI=1S/C13H17N5/c1-3-10-6-4-5-7-11(10)17-12-8-13(18-14)16-9(2)15-12/h4-8H,3,14H2,1-2H3,(H2,15,16,17,18). The number of aryl methyl sites for hydroxylation is 2. The molecule has 18 heavy (non-hydrogen) atoms. The van der Waals surface area contributed by atoms with Crippen LogP contribution in [0.3, 0.4) is 0 Å². The van der Waals surface area contributed by atoms with Crippen LogP contribution in [-0.2, 0) is 6.42 Å². The third-order valence-electron chi connectivity index (χ3n) is 2.65. The molecular weight excluding hydrogens is 226 g/mol. The average molecular weight is 243 g/mol. The molecule has 5 heteroatoms. The number of hydrogen-bond acceptors (Lipinski definition) is 5. The van der Waals surface area contributed by atoms with Gasteiger partial charge in [-0.1, -0.05) is 25.1 Å². The van der Waals surface area contributed by atoms with E-state index in [1.165, 1.54) is 5.56 Å². The number of para-hydroxylation sites is 1. The number of anilines is 3. The molecule has 2 aromatic rings. The Kier molecular flexibility index (Phi) is 3.74. The fourth-order valence-electron chi connectivity index (χ4n) is 1.79. The van der Waals surface area contributed by atoms with Gasteiger partial charge in [-0.3, -0.25) is 0 Å². The van der Waals surface area contributed by atoms with Crippen LogP contribution in [0.25, 0.3) is 0 Å². The maximum absolute atomic E-state index is 5.37. The Balaban J connectivity index is 2.30. The number of rotatable bonds is 4. The van der Waals surface area contributed by atoms with Crippen LogP contribution in [-0.4, -0.2) is 9.97 Å². The number of nitrogen functional groups attached to an aromatic ring is 1. The number of hydrogen-bond donors (Lipinski definition) is 3. The highest BCUT2D eigenvalue weighted by molar-refractivity contribution is 5.62. The van der Waals surface area contributed by atoms with Crippen molar-refractivity contribution in [2.45, 2.75) is 20.3 Å². The summed E-state index contributed by atoms with van der Waals surface area (Å²) in [6, 6.07) is 9.93. The summed E-state index contributed by atoms with van der Waals surface area (Å²) in [5, 5.41) is 3.29. The zero-order valence-corrected chi connectivity index (χ0v) is 10.6. The Labute approximate surface area is 106 Å². The van der Waals surface area contributed by atoms with Gasteiger partial charge >= 0.3 is 0 Å². The molecule has 0 aliphatic carbocycles. The molecule has 0 fully saturated rings. The number of nitrogens with zero attached hydrogens (tertiary/aromatic N) is 2. The van der Waals surface area contributed by atoms with Crippen LogP contribution in [0.2, 0.25) is 0 Å². The van der Waals surface area contributed by atoms with Crippen molar-refractivity contribution in [1.29, 1.82) is 0 Å². The van der Waals surface area contributed by atoms with Crippen LogP contribution in [0.4, 0.5) is 17.3 Å². The van der Waals surface area contributed by atoms with Crippen LogP contribution >= 0.6 is 0 Å². The van der Waals surface area contributed by atoms with E-state index in [4.69, 9.17) is 5.84 Å². The minimum absolute atomic E-state index is 0.596. The largest absolute Gasteiger partial charge is 0.340 e. The van der Waals surface area contributed by atoms with E-state index >= 15 is 0 Å². The van der Waals surface area contributed by atoms with E-state index in [1.54, 1.807) is 6.07 Å². The zero-order valence-electron chi connectivity index (χ0n) is 10.6. The number of benzene rings is 1. The molecule has 1 heterocycles. The first-order valence-corrected chi connectivity index (χ1v) is 5.90. The van der Waals surface area contributed by atoms with Crippen LogP contribution in [0.5, 0.6) is 0 Å². The van der Waals surface area contributed by atoms with E-state index in [-0.39, 0.29) is 0 Å². The molecule has 0 amide bonds. The lowest BCUT2D eigenvalue weighted by Gasteiger charge is -2.11. The average Bonchev–Trinajstić information content (AvgIpc) is 2.38. The van der Waals surface area contributed by atoms with Gasteiger partial charge in [0, 0.05) is 11.8 Å². The SMILES string of the molecule is CCc1ccccc1Nc1cc(NN)nc(C)n1. The highest BCUT2D eigenvalue weighted by Crippen LogP contribution is 2.21. The van der Waals surface area contributed by atoms with Gasteiger partial charge in [0.1, 0.15) is 17.5 Å². The predicted octanol–water partition coefficient (Wildman–Crippen LogP) is 2.38. The van der Waals surface area contributed by atoms with E-state index in [0.29, 0.717) is 11.6 Å². The molecular formula is C13H17N5. The molecule has 1 aromatic carbocycles. The minimum Gasteiger partial charge on any atom is -0.340 e. The summed E-state index contributed by atoms with van der Waals surface area (Å²) in [7, 11) is 0. The monoisotopic (exact) mass is 243 g/mol. The summed E-state index contributed by atoms with van der Waals surface area (Å²) >= 11 is 0. The summed E-state index contributed by atoms with van der Waals surface area (Å²) in [6.07, 6.45) is 0.967. The molecule has 0 aliphatic heterocycles. The summed E-state index contributed by atoms with van der Waals surface area (Å²) in [4.78, 5) is 8.48. The molecule has 2 rings (SSSR count). The van der Waals surface area contributed by atoms with Gasteiger partial charge in [0.25, 0.3) is 0 Å². The quantitative estimate of drug-likeness (QED) is 0.568. The van der Waals surface area contributed by atoms with Gasteiger partial charge in [-0.15, -0.1) is 0 Å². The molecule has 4 N–H and O–H groups in total. The van der Waals surface area contributed by atoms with Crippen molar-refractivity contribution >= 4 is 17.3 Å². The van der Waals surface area contributed by atoms with Crippen molar-refractivity contribution in [2.24, 2.45) is 5.84 Å². The highest BCUT2D eigenvalue weighted by Gasteiger charge is 2.04. The number of hydrazine groups is 1. The van der Waals surface area contributed by atoms with E-state index in [2.05, 4.69) is 33.7 Å². The molecule has 0 saturated heterocycles. The van der Waals surface area contributed by atoms with E-state index in [1.807, 2.05) is 25.1 Å². The summed E-state index contributed by atoms with van der Waals surface area (Å²) < 4.78 is 0. The molecule has 0 unspecified atom stereocenters. The second kappa shape index (κ2) is 5.46. The van der Waals surface area contributed by atoms with Gasteiger partial charge < -0.3 is 10.7 Å². The molecule has 0 spiro atoms. The van der Waals surface area contributed by atoms with Crippen molar-refractivity contribution in [3.63, 3.8) is 0 Å². The zero-order chi connectivity index (χ0) is 13.0. The topological polar surface area (TPSA) is 75.9 Å². The second-order valence-electron chi connectivity index (χ2n) is 3.97. The van der Waals surface area contributed by atoms with Crippen LogP contribution in [0.1, 0.15) is 18.3 Å². The maximum atomic E-state index is 5.37. The number of nitrogens with two attached hydrogens (primary N) is 1. The van der Waals surface area contributed by atoms with Crippen LogP contribution in [0.15, 0.2) is 30.3 Å². The number of nitrogens with one attached hydrogen (secondary N) is 2. The Morgan fingerprint density at radius 1 is 1.17 bits per heavy atom. The molecule has 0 aliphatic rings. The number of aromatic nitrogens is 2. The highest BCUT2D eigenvalue weighted by atomic mass is 15.3. The molecule has 0 atom stereocenters. The van der Waals surface area contributed by atoms with Crippen molar-refractivity contribution in [3.05, 3.63) is 41.7 Å². The normalized spacial score (nSPS) is 10.2. The fourth-order valence-corrected chi connectivity index (χ4v) is 1.79. The first-order chi connectivity index (χ1) is 8.72. The van der Waals surface area contributed by atoms with Crippen molar-refractivity contribution in [3.8, 4) is 0 Å². The molecule has 5 nitrogen and oxygen atoms in total. The Hall–Kier alpha value is -2.14. The molecule has 94 valence electrons.